The van der Waals surface area contributed by atoms with Gasteiger partial charge in [0.05, 0.1) is 12.3 Å². The summed E-state index contributed by atoms with van der Waals surface area (Å²) in [6, 6.07) is 5.71. The molecule has 0 spiro atoms. The van der Waals surface area contributed by atoms with E-state index in [1.54, 1.807) is 0 Å². The van der Waals surface area contributed by atoms with Crippen LogP contribution in [0, 0.1) is 0 Å². The van der Waals surface area contributed by atoms with E-state index in [0.717, 1.165) is 28.6 Å². The number of hydrogen-bond acceptors (Lipinski definition) is 3. The van der Waals surface area contributed by atoms with E-state index >= 15 is 0 Å². The van der Waals surface area contributed by atoms with Crippen molar-refractivity contribution < 1.29 is 9.94 Å². The van der Waals surface area contributed by atoms with Gasteiger partial charge in [0, 0.05) is 10.0 Å². The molecule has 0 fully saturated rings. The molecule has 74 valence electrons. The third kappa shape index (κ3) is 1.75. The van der Waals surface area contributed by atoms with Crippen LogP contribution in [0.5, 0.6) is 5.75 Å². The van der Waals surface area contributed by atoms with Crippen LogP contribution in [-0.2, 0) is 0 Å². The number of fused-ring (bicyclic) bond motifs is 1. The minimum absolute atomic E-state index is 0.674. The van der Waals surface area contributed by atoms with Crippen molar-refractivity contribution in [2.24, 2.45) is 5.16 Å². The minimum atomic E-state index is 0.674. The highest BCUT2D eigenvalue weighted by atomic mass is 79.9. The van der Waals surface area contributed by atoms with Gasteiger partial charge in [-0.3, -0.25) is 0 Å². The van der Waals surface area contributed by atoms with E-state index < -0.39 is 0 Å². The van der Waals surface area contributed by atoms with Gasteiger partial charge in [0.2, 0.25) is 0 Å². The number of benzene rings is 1. The third-order valence-electron chi connectivity index (χ3n) is 2.19. The summed E-state index contributed by atoms with van der Waals surface area (Å²) in [7, 11) is 0. The summed E-state index contributed by atoms with van der Waals surface area (Å²) >= 11 is 3.38. The van der Waals surface area contributed by atoms with Gasteiger partial charge in [0.15, 0.2) is 0 Å². The van der Waals surface area contributed by atoms with E-state index in [1.807, 2.05) is 18.2 Å². The second-order valence-corrected chi connectivity index (χ2v) is 4.05. The molecule has 0 aromatic heterocycles. The molecule has 1 aromatic carbocycles. The molecule has 1 aromatic rings. The lowest BCUT2D eigenvalue weighted by Crippen LogP contribution is -1.99. The number of rotatable bonds is 0. The minimum Gasteiger partial charge on any atom is -0.493 e. The molecular weight excluding hydrogens is 246 g/mol. The van der Waals surface area contributed by atoms with Crippen molar-refractivity contribution in [2.45, 2.75) is 12.8 Å². The van der Waals surface area contributed by atoms with E-state index in [1.165, 1.54) is 0 Å². The summed E-state index contributed by atoms with van der Waals surface area (Å²) in [6.45, 7) is 0.674. The molecule has 0 aliphatic carbocycles. The largest absolute Gasteiger partial charge is 0.493 e. The van der Waals surface area contributed by atoms with Gasteiger partial charge in [0.25, 0.3) is 0 Å². The van der Waals surface area contributed by atoms with Gasteiger partial charge >= 0.3 is 0 Å². The van der Waals surface area contributed by atoms with Gasteiger partial charge < -0.3 is 9.94 Å². The van der Waals surface area contributed by atoms with Crippen molar-refractivity contribution in [3.63, 3.8) is 0 Å². The zero-order chi connectivity index (χ0) is 9.97. The quantitative estimate of drug-likeness (QED) is 0.572. The van der Waals surface area contributed by atoms with Gasteiger partial charge in [-0.2, -0.15) is 0 Å². The summed E-state index contributed by atoms with van der Waals surface area (Å²) < 4.78 is 6.48. The van der Waals surface area contributed by atoms with Gasteiger partial charge in [0.1, 0.15) is 5.75 Å². The molecule has 1 aliphatic heterocycles. The normalized spacial score (nSPS) is 18.5. The predicted octanol–water partition coefficient (Wildman–Crippen LogP) is 2.80. The Kier molecular flexibility index (Phi) is 2.72. The predicted molar refractivity (Wildman–Crippen MR) is 57.2 cm³/mol. The van der Waals surface area contributed by atoms with Crippen LogP contribution in [-0.4, -0.2) is 17.5 Å². The first kappa shape index (κ1) is 9.52. The SMILES string of the molecule is O/N=C1\CCCOc2ccc(Br)cc21. The Bertz CT molecular complexity index is 376. The van der Waals surface area contributed by atoms with Crippen molar-refractivity contribution in [3.8, 4) is 5.75 Å². The fraction of sp³-hybridized carbons (Fsp3) is 0.300. The topological polar surface area (TPSA) is 41.8 Å². The molecule has 0 saturated carbocycles. The molecule has 1 heterocycles. The van der Waals surface area contributed by atoms with Crippen molar-refractivity contribution in [1.82, 2.24) is 0 Å². The molecule has 1 N–H and O–H groups in total. The zero-order valence-corrected chi connectivity index (χ0v) is 9.12. The summed E-state index contributed by atoms with van der Waals surface area (Å²) in [5, 5.41) is 12.2. The monoisotopic (exact) mass is 255 g/mol. The van der Waals surface area contributed by atoms with Crippen LogP contribution in [0.3, 0.4) is 0 Å². The maximum Gasteiger partial charge on any atom is 0.128 e. The van der Waals surface area contributed by atoms with Crippen LogP contribution in [0.15, 0.2) is 27.8 Å². The fourth-order valence-corrected chi connectivity index (χ4v) is 1.87. The number of nitrogens with zero attached hydrogens (tertiary/aromatic N) is 1. The van der Waals surface area contributed by atoms with Crippen molar-refractivity contribution >= 4 is 21.6 Å². The van der Waals surface area contributed by atoms with Crippen LogP contribution in [0.4, 0.5) is 0 Å². The van der Waals surface area contributed by atoms with Crippen LogP contribution in [0.1, 0.15) is 18.4 Å². The van der Waals surface area contributed by atoms with E-state index in [2.05, 4.69) is 21.1 Å². The van der Waals surface area contributed by atoms with Crippen molar-refractivity contribution in [3.05, 3.63) is 28.2 Å². The van der Waals surface area contributed by atoms with Crippen LogP contribution in [0.2, 0.25) is 0 Å². The molecule has 2 rings (SSSR count). The number of oxime groups is 1. The molecule has 0 atom stereocenters. The second-order valence-electron chi connectivity index (χ2n) is 3.14. The molecule has 1 aliphatic rings. The third-order valence-corrected chi connectivity index (χ3v) is 2.68. The molecule has 0 saturated heterocycles. The number of ether oxygens (including phenoxy) is 1. The first-order valence-electron chi connectivity index (χ1n) is 4.45. The Hall–Kier alpha value is -1.03. The van der Waals surface area contributed by atoms with Gasteiger partial charge in [-0.1, -0.05) is 21.1 Å². The van der Waals surface area contributed by atoms with Gasteiger partial charge in [-0.25, -0.2) is 0 Å². The lowest BCUT2D eigenvalue weighted by Gasteiger charge is -2.06. The Morgan fingerprint density at radius 3 is 3.07 bits per heavy atom. The summed E-state index contributed by atoms with van der Waals surface area (Å²) in [4.78, 5) is 0. The number of halogens is 1. The highest BCUT2D eigenvalue weighted by Gasteiger charge is 2.15. The lowest BCUT2D eigenvalue weighted by atomic mass is 10.1. The first-order valence-corrected chi connectivity index (χ1v) is 5.24. The summed E-state index contributed by atoms with van der Waals surface area (Å²) in [5.41, 5.74) is 1.57. The van der Waals surface area contributed by atoms with Crippen molar-refractivity contribution in [1.29, 1.82) is 0 Å². The average Bonchev–Trinajstić information content (AvgIpc) is 2.39. The summed E-state index contributed by atoms with van der Waals surface area (Å²) in [6.07, 6.45) is 1.63. The van der Waals surface area contributed by atoms with Crippen LogP contribution in [0.25, 0.3) is 0 Å². The molecule has 4 heteroatoms. The number of hydrogen-bond donors (Lipinski definition) is 1. The smallest absolute Gasteiger partial charge is 0.128 e. The average molecular weight is 256 g/mol. The van der Waals surface area contributed by atoms with Crippen LogP contribution >= 0.6 is 15.9 Å². The Morgan fingerprint density at radius 1 is 1.43 bits per heavy atom. The maximum absolute atomic E-state index is 8.87. The van der Waals surface area contributed by atoms with E-state index in [9.17, 15) is 0 Å². The fourth-order valence-electron chi connectivity index (χ4n) is 1.51. The molecule has 14 heavy (non-hydrogen) atoms. The van der Waals surface area contributed by atoms with Gasteiger partial charge in [-0.05, 0) is 31.0 Å². The van der Waals surface area contributed by atoms with Gasteiger partial charge in [-0.15, -0.1) is 0 Å². The Labute approximate surface area is 90.5 Å². The van der Waals surface area contributed by atoms with E-state index in [4.69, 9.17) is 9.94 Å². The van der Waals surface area contributed by atoms with E-state index in [0.29, 0.717) is 12.3 Å². The summed E-state index contributed by atoms with van der Waals surface area (Å²) in [5.74, 6) is 0.790. The molecule has 3 nitrogen and oxygen atoms in total. The Balaban J connectivity index is 2.51. The highest BCUT2D eigenvalue weighted by Crippen LogP contribution is 2.27. The standard InChI is InChI=1S/C10H10BrNO2/c11-7-3-4-10-8(6-7)9(12-13)2-1-5-14-10/h3-4,6,13H,1-2,5H2/b12-9+. The highest BCUT2D eigenvalue weighted by molar-refractivity contribution is 9.10. The lowest BCUT2D eigenvalue weighted by molar-refractivity contribution is 0.314. The molecule has 0 unspecified atom stereocenters. The maximum atomic E-state index is 8.87. The second kappa shape index (κ2) is 4.00. The zero-order valence-electron chi connectivity index (χ0n) is 7.53. The van der Waals surface area contributed by atoms with Crippen LogP contribution < -0.4 is 4.74 Å². The molecule has 0 amide bonds. The molecular formula is C10H10BrNO2. The Morgan fingerprint density at radius 2 is 2.29 bits per heavy atom. The molecule has 0 radical (unpaired) electrons. The molecule has 0 bridgehead atoms. The van der Waals surface area contributed by atoms with E-state index in [-0.39, 0.29) is 0 Å². The first-order chi connectivity index (χ1) is 6.81. The van der Waals surface area contributed by atoms with Crippen molar-refractivity contribution in [2.75, 3.05) is 6.61 Å².